The lowest BCUT2D eigenvalue weighted by Crippen LogP contribution is -2.51. The Balaban J connectivity index is 1.29. The van der Waals surface area contributed by atoms with Gasteiger partial charge in [-0.05, 0) is 55.8 Å². The highest BCUT2D eigenvalue weighted by Gasteiger charge is 2.23. The summed E-state index contributed by atoms with van der Waals surface area (Å²) < 4.78 is 10.8. The van der Waals surface area contributed by atoms with Crippen LogP contribution in [0.1, 0.15) is 16.7 Å². The largest absolute Gasteiger partial charge is 0.454 e. The van der Waals surface area contributed by atoms with E-state index in [2.05, 4.69) is 41.8 Å². The van der Waals surface area contributed by atoms with Gasteiger partial charge < -0.3 is 19.3 Å². The van der Waals surface area contributed by atoms with Crippen LogP contribution in [0.5, 0.6) is 11.5 Å². The number of carbonyl (C=O) groups excluding carboxylic acids is 1. The fourth-order valence-electron chi connectivity index (χ4n) is 4.01. The van der Waals surface area contributed by atoms with Gasteiger partial charge in [0.05, 0.1) is 6.54 Å². The Morgan fingerprint density at radius 1 is 1.03 bits per heavy atom. The van der Waals surface area contributed by atoms with E-state index in [4.69, 9.17) is 9.47 Å². The summed E-state index contributed by atoms with van der Waals surface area (Å²) in [6.45, 7) is 9.00. The van der Waals surface area contributed by atoms with Crippen LogP contribution in [-0.2, 0) is 11.3 Å². The molecule has 154 valence electrons. The minimum Gasteiger partial charge on any atom is -0.454 e. The van der Waals surface area contributed by atoms with E-state index in [1.165, 1.54) is 16.8 Å². The van der Waals surface area contributed by atoms with Crippen LogP contribution in [0.25, 0.3) is 0 Å². The molecule has 0 atom stereocenters. The molecule has 0 radical (unpaired) electrons. The van der Waals surface area contributed by atoms with Crippen LogP contribution in [0.4, 0.5) is 5.69 Å². The number of benzene rings is 2. The van der Waals surface area contributed by atoms with Gasteiger partial charge in [-0.1, -0.05) is 18.2 Å². The number of likely N-dealkylation sites (N-methyl/N-ethyl adjacent to an activating group) is 1. The SMILES string of the molecule is Cc1cccc(N2CCN(C(=O)CN(C)Cc3ccc4c(c3)OCO4)CC2)c1C. The first kappa shape index (κ1) is 19.6. The van der Waals surface area contributed by atoms with E-state index >= 15 is 0 Å². The van der Waals surface area contributed by atoms with Crippen molar-refractivity contribution in [2.45, 2.75) is 20.4 Å². The molecule has 6 heteroatoms. The normalized spacial score (nSPS) is 15.9. The zero-order valence-corrected chi connectivity index (χ0v) is 17.5. The minimum atomic E-state index is 0.189. The summed E-state index contributed by atoms with van der Waals surface area (Å²) in [5.74, 6) is 1.76. The van der Waals surface area contributed by atoms with Crippen molar-refractivity contribution in [3.63, 3.8) is 0 Å². The van der Waals surface area contributed by atoms with E-state index in [0.717, 1.165) is 43.2 Å². The molecule has 4 rings (SSSR count). The predicted octanol–water partition coefficient (Wildman–Crippen LogP) is 2.81. The van der Waals surface area contributed by atoms with Crippen LogP contribution in [0.3, 0.4) is 0 Å². The van der Waals surface area contributed by atoms with Gasteiger partial charge in [-0.2, -0.15) is 0 Å². The van der Waals surface area contributed by atoms with Crippen molar-refractivity contribution in [1.29, 1.82) is 0 Å². The Hall–Kier alpha value is -2.73. The highest BCUT2D eigenvalue weighted by Crippen LogP contribution is 2.32. The number of hydrogen-bond donors (Lipinski definition) is 0. The quantitative estimate of drug-likeness (QED) is 0.779. The molecule has 2 aliphatic rings. The Labute approximate surface area is 172 Å². The third-order valence-electron chi connectivity index (χ3n) is 5.84. The third kappa shape index (κ3) is 4.32. The van der Waals surface area contributed by atoms with Gasteiger partial charge in [0.25, 0.3) is 0 Å². The molecule has 0 saturated carbocycles. The summed E-state index contributed by atoms with van der Waals surface area (Å²) >= 11 is 0. The number of carbonyl (C=O) groups is 1. The number of fused-ring (bicyclic) bond motifs is 1. The van der Waals surface area contributed by atoms with Crippen LogP contribution in [0.2, 0.25) is 0 Å². The number of ether oxygens (including phenoxy) is 2. The Kier molecular flexibility index (Phi) is 5.62. The Bertz CT molecular complexity index is 891. The molecule has 1 saturated heterocycles. The van der Waals surface area contributed by atoms with Gasteiger partial charge in [-0.15, -0.1) is 0 Å². The summed E-state index contributed by atoms with van der Waals surface area (Å²) in [6, 6.07) is 12.4. The maximum atomic E-state index is 12.8. The molecule has 6 nitrogen and oxygen atoms in total. The molecule has 2 aromatic carbocycles. The summed E-state index contributed by atoms with van der Waals surface area (Å²) in [5, 5.41) is 0. The van der Waals surface area contributed by atoms with Gasteiger partial charge in [-0.25, -0.2) is 0 Å². The van der Waals surface area contributed by atoms with Crippen molar-refractivity contribution in [2.75, 3.05) is 51.5 Å². The predicted molar refractivity (Wildman–Crippen MR) is 114 cm³/mol. The third-order valence-corrected chi connectivity index (χ3v) is 5.84. The molecule has 0 bridgehead atoms. The van der Waals surface area contributed by atoms with Gasteiger partial charge in [0.2, 0.25) is 12.7 Å². The minimum absolute atomic E-state index is 0.189. The standard InChI is InChI=1S/C23H29N3O3/c1-17-5-4-6-20(18(17)2)25-9-11-26(12-10-25)23(27)15-24(3)14-19-7-8-21-22(13-19)29-16-28-21/h4-8,13H,9-12,14-16H2,1-3H3. The molecular weight excluding hydrogens is 366 g/mol. The fourth-order valence-corrected chi connectivity index (χ4v) is 4.01. The highest BCUT2D eigenvalue weighted by atomic mass is 16.7. The zero-order valence-electron chi connectivity index (χ0n) is 17.5. The second kappa shape index (κ2) is 8.33. The van der Waals surface area contributed by atoms with E-state index in [1.54, 1.807) is 0 Å². The molecular formula is C23H29N3O3. The average Bonchev–Trinajstić information content (AvgIpc) is 3.18. The molecule has 0 spiro atoms. The summed E-state index contributed by atoms with van der Waals surface area (Å²) in [4.78, 5) is 19.2. The number of piperazine rings is 1. The lowest BCUT2D eigenvalue weighted by Gasteiger charge is -2.37. The van der Waals surface area contributed by atoms with E-state index in [-0.39, 0.29) is 12.7 Å². The monoisotopic (exact) mass is 395 g/mol. The van der Waals surface area contributed by atoms with E-state index in [1.807, 2.05) is 30.1 Å². The number of aryl methyl sites for hydroxylation is 1. The van der Waals surface area contributed by atoms with Crippen LogP contribution < -0.4 is 14.4 Å². The van der Waals surface area contributed by atoms with Gasteiger partial charge in [0, 0.05) is 38.4 Å². The van der Waals surface area contributed by atoms with Crippen molar-refractivity contribution in [2.24, 2.45) is 0 Å². The molecule has 29 heavy (non-hydrogen) atoms. The number of anilines is 1. The molecule has 0 aliphatic carbocycles. The second-order valence-corrected chi connectivity index (χ2v) is 7.95. The Morgan fingerprint density at radius 2 is 1.79 bits per heavy atom. The smallest absolute Gasteiger partial charge is 0.236 e. The molecule has 2 aromatic rings. The van der Waals surface area contributed by atoms with Gasteiger partial charge >= 0.3 is 0 Å². The lowest BCUT2D eigenvalue weighted by molar-refractivity contribution is -0.132. The lowest BCUT2D eigenvalue weighted by atomic mass is 10.1. The number of rotatable bonds is 5. The topological polar surface area (TPSA) is 45.2 Å². The first-order chi connectivity index (χ1) is 14.0. The molecule has 0 aromatic heterocycles. The van der Waals surface area contributed by atoms with Gasteiger partial charge in [0.1, 0.15) is 0 Å². The van der Waals surface area contributed by atoms with E-state index < -0.39 is 0 Å². The maximum Gasteiger partial charge on any atom is 0.236 e. The van der Waals surface area contributed by atoms with Crippen LogP contribution in [-0.4, -0.2) is 62.3 Å². The molecule has 1 fully saturated rings. The Morgan fingerprint density at radius 3 is 2.59 bits per heavy atom. The van der Waals surface area contributed by atoms with E-state index in [9.17, 15) is 4.79 Å². The highest BCUT2D eigenvalue weighted by molar-refractivity contribution is 5.78. The average molecular weight is 396 g/mol. The summed E-state index contributed by atoms with van der Waals surface area (Å²) in [7, 11) is 1.98. The number of amides is 1. The van der Waals surface area contributed by atoms with Crippen molar-refractivity contribution >= 4 is 11.6 Å². The summed E-state index contributed by atoms with van der Waals surface area (Å²) in [6.07, 6.45) is 0. The van der Waals surface area contributed by atoms with Gasteiger partial charge in [-0.3, -0.25) is 9.69 Å². The fraction of sp³-hybridized carbons (Fsp3) is 0.435. The van der Waals surface area contributed by atoms with E-state index in [0.29, 0.717) is 13.1 Å². The summed E-state index contributed by atoms with van der Waals surface area (Å²) in [5.41, 5.74) is 5.04. The van der Waals surface area contributed by atoms with Crippen molar-refractivity contribution < 1.29 is 14.3 Å². The van der Waals surface area contributed by atoms with Crippen LogP contribution >= 0.6 is 0 Å². The molecule has 0 N–H and O–H groups in total. The molecule has 1 amide bonds. The van der Waals surface area contributed by atoms with Crippen molar-refractivity contribution in [3.05, 3.63) is 53.1 Å². The first-order valence-corrected chi connectivity index (χ1v) is 10.2. The van der Waals surface area contributed by atoms with Crippen LogP contribution in [0.15, 0.2) is 36.4 Å². The van der Waals surface area contributed by atoms with Crippen molar-refractivity contribution in [3.8, 4) is 11.5 Å². The van der Waals surface area contributed by atoms with Gasteiger partial charge in [0.15, 0.2) is 11.5 Å². The van der Waals surface area contributed by atoms with Crippen LogP contribution in [0, 0.1) is 13.8 Å². The zero-order chi connectivity index (χ0) is 20.4. The van der Waals surface area contributed by atoms with Crippen molar-refractivity contribution in [1.82, 2.24) is 9.80 Å². The molecule has 0 unspecified atom stereocenters. The first-order valence-electron chi connectivity index (χ1n) is 10.2. The number of hydrogen-bond acceptors (Lipinski definition) is 5. The maximum absolute atomic E-state index is 12.8. The molecule has 2 heterocycles. The molecule has 2 aliphatic heterocycles. The second-order valence-electron chi connectivity index (χ2n) is 7.95. The number of nitrogens with zero attached hydrogens (tertiary/aromatic N) is 3.